The molecule has 1 aromatic heterocycles. The van der Waals surface area contributed by atoms with E-state index in [2.05, 4.69) is 4.98 Å². The van der Waals surface area contributed by atoms with Crippen molar-refractivity contribution in [2.24, 2.45) is 0 Å². The minimum Gasteiger partial charge on any atom is -0.507 e. The molecule has 7 nitrogen and oxygen atoms in total. The summed E-state index contributed by atoms with van der Waals surface area (Å²) in [5.41, 5.74) is 1.37. The first kappa shape index (κ1) is 21.9. The third-order valence-electron chi connectivity index (χ3n) is 6.28. The Morgan fingerprint density at radius 2 is 2.03 bits per heavy atom. The Morgan fingerprint density at radius 3 is 2.79 bits per heavy atom. The molecule has 1 N–H and O–H groups in total. The van der Waals surface area contributed by atoms with Crippen LogP contribution in [-0.4, -0.2) is 43.9 Å². The number of aromatic nitrogens is 2. The molecular weight excluding hydrogens is 437 g/mol. The van der Waals surface area contributed by atoms with Gasteiger partial charge in [0.15, 0.2) is 0 Å². The van der Waals surface area contributed by atoms with Crippen molar-refractivity contribution < 1.29 is 23.8 Å². The van der Waals surface area contributed by atoms with Crippen LogP contribution in [0.15, 0.2) is 66.8 Å². The molecule has 0 bridgehead atoms. The molecule has 3 heterocycles. The van der Waals surface area contributed by atoms with E-state index in [1.165, 1.54) is 11.0 Å². The second kappa shape index (κ2) is 8.78. The van der Waals surface area contributed by atoms with E-state index in [9.17, 15) is 19.1 Å². The maximum absolute atomic E-state index is 14.9. The van der Waals surface area contributed by atoms with Gasteiger partial charge in [0.2, 0.25) is 0 Å². The van der Waals surface area contributed by atoms with Gasteiger partial charge >= 0.3 is 0 Å². The number of Topliss-reactive ketones (excluding diaryl/α,β-unsaturated/α-hetero) is 1. The molecule has 8 heteroatoms. The van der Waals surface area contributed by atoms with Crippen LogP contribution in [0.3, 0.4) is 0 Å². The van der Waals surface area contributed by atoms with Crippen molar-refractivity contribution in [3.63, 3.8) is 0 Å². The van der Waals surface area contributed by atoms with Crippen molar-refractivity contribution in [2.75, 3.05) is 6.54 Å². The van der Waals surface area contributed by atoms with Crippen molar-refractivity contribution in [3.05, 3.63) is 89.3 Å². The summed E-state index contributed by atoms with van der Waals surface area (Å²) in [5, 5.41) is 11.2. The number of hydrogen-bond acceptors (Lipinski definition) is 5. The van der Waals surface area contributed by atoms with E-state index in [0.717, 1.165) is 11.3 Å². The maximum atomic E-state index is 14.9. The third kappa shape index (κ3) is 3.85. The van der Waals surface area contributed by atoms with Gasteiger partial charge in [-0.05, 0) is 43.2 Å². The summed E-state index contributed by atoms with van der Waals surface area (Å²) < 4.78 is 22.5. The number of rotatable bonds is 6. The highest BCUT2D eigenvalue weighted by molar-refractivity contribution is 6.46. The number of imidazole rings is 1. The van der Waals surface area contributed by atoms with Crippen LogP contribution < -0.4 is 4.74 Å². The molecule has 2 aliphatic rings. The van der Waals surface area contributed by atoms with Gasteiger partial charge in [0.1, 0.15) is 23.4 Å². The normalized spacial score (nSPS) is 21.1. The van der Waals surface area contributed by atoms with Crippen LogP contribution in [0.5, 0.6) is 5.75 Å². The molecule has 0 saturated carbocycles. The monoisotopic (exact) mass is 461 g/mol. The number of fused-ring (bicyclic) bond motifs is 1. The molecule has 1 fully saturated rings. The number of aliphatic hydroxyl groups excluding tert-OH is 1. The summed E-state index contributed by atoms with van der Waals surface area (Å²) in [4.78, 5) is 31.5. The van der Waals surface area contributed by atoms with E-state index in [4.69, 9.17) is 4.74 Å². The summed E-state index contributed by atoms with van der Waals surface area (Å²) >= 11 is 0. The lowest BCUT2D eigenvalue weighted by atomic mass is 9.94. The molecule has 0 radical (unpaired) electrons. The number of ketones is 1. The van der Waals surface area contributed by atoms with Crippen molar-refractivity contribution >= 4 is 17.4 Å². The number of aryl methyl sites for hydroxylation is 1. The van der Waals surface area contributed by atoms with Gasteiger partial charge in [-0.1, -0.05) is 18.2 Å². The molecule has 3 aromatic rings. The first-order chi connectivity index (χ1) is 16.4. The molecular formula is C26H24FN3O4. The molecule has 1 amide bonds. The predicted molar refractivity (Wildman–Crippen MR) is 122 cm³/mol. The van der Waals surface area contributed by atoms with E-state index in [-0.39, 0.29) is 29.5 Å². The first-order valence-electron chi connectivity index (χ1n) is 11.2. The maximum Gasteiger partial charge on any atom is 0.295 e. The quantitative estimate of drug-likeness (QED) is 0.342. The minimum atomic E-state index is -1.02. The number of halogens is 1. The lowest BCUT2D eigenvalue weighted by Crippen LogP contribution is -2.31. The predicted octanol–water partition coefficient (Wildman–Crippen LogP) is 3.86. The number of ether oxygens (including phenoxy) is 1. The molecule has 2 aliphatic heterocycles. The fourth-order valence-corrected chi connectivity index (χ4v) is 4.70. The zero-order valence-corrected chi connectivity index (χ0v) is 18.6. The lowest BCUT2D eigenvalue weighted by molar-refractivity contribution is -0.140. The van der Waals surface area contributed by atoms with E-state index in [1.54, 1.807) is 55.1 Å². The number of nitrogens with zero attached hydrogens (tertiary/aromatic N) is 3. The average molecular weight is 461 g/mol. The van der Waals surface area contributed by atoms with Crippen LogP contribution in [0.1, 0.15) is 36.1 Å². The number of benzene rings is 2. The highest BCUT2D eigenvalue weighted by atomic mass is 19.1. The summed E-state index contributed by atoms with van der Waals surface area (Å²) in [6.45, 7) is 2.75. The van der Waals surface area contributed by atoms with E-state index in [0.29, 0.717) is 24.9 Å². The van der Waals surface area contributed by atoms with Gasteiger partial charge in [-0.25, -0.2) is 9.37 Å². The average Bonchev–Trinajstić information content (AvgIpc) is 3.53. The Bertz CT molecular complexity index is 1280. The van der Waals surface area contributed by atoms with Crippen LogP contribution in [0.25, 0.3) is 5.76 Å². The summed E-state index contributed by atoms with van der Waals surface area (Å²) in [5.74, 6) is -1.70. The van der Waals surface area contributed by atoms with Gasteiger partial charge in [-0.15, -0.1) is 0 Å². The van der Waals surface area contributed by atoms with Gasteiger partial charge in [-0.2, -0.15) is 0 Å². The summed E-state index contributed by atoms with van der Waals surface area (Å²) in [6, 6.07) is 10.2. The summed E-state index contributed by atoms with van der Waals surface area (Å²) in [7, 11) is 0. The first-order valence-corrected chi connectivity index (χ1v) is 11.2. The number of aliphatic hydroxyl groups is 1. The highest BCUT2D eigenvalue weighted by Crippen LogP contribution is 2.41. The van der Waals surface area contributed by atoms with Crippen molar-refractivity contribution in [1.29, 1.82) is 0 Å². The minimum absolute atomic E-state index is 0.0203. The Balaban J connectivity index is 1.54. The van der Waals surface area contributed by atoms with Crippen molar-refractivity contribution in [1.82, 2.24) is 14.5 Å². The lowest BCUT2D eigenvalue weighted by Gasteiger charge is -2.25. The van der Waals surface area contributed by atoms with Crippen LogP contribution in [0, 0.1) is 5.82 Å². The number of hydrogen-bond donors (Lipinski definition) is 1. The molecule has 0 unspecified atom stereocenters. The third-order valence-corrected chi connectivity index (χ3v) is 6.28. The highest BCUT2D eigenvalue weighted by Gasteiger charge is 2.46. The number of carbonyl (C=O) groups excluding carboxylic acids is 2. The van der Waals surface area contributed by atoms with Crippen LogP contribution in [0.4, 0.5) is 4.39 Å². The zero-order chi connectivity index (χ0) is 23.8. The molecule has 2 atom stereocenters. The standard InChI is InChI=1S/C26H24FN3O4/c1-16-13-18-14-17(7-8-21(18)34-16)24(31)22-23(19-5-2-3-6-20(19)27)30(26(33)25(22)32)11-4-10-29-12-9-28-15-29/h2-3,5-9,12,14-16,23,31H,4,10-11,13H2,1H3/b24-22+/t16-,23+/m0/s1. The van der Waals surface area contributed by atoms with E-state index in [1.807, 2.05) is 11.5 Å². The van der Waals surface area contributed by atoms with Gasteiger partial charge in [0.25, 0.3) is 11.7 Å². The van der Waals surface area contributed by atoms with Gasteiger partial charge in [0, 0.05) is 43.0 Å². The Morgan fingerprint density at radius 1 is 1.21 bits per heavy atom. The smallest absolute Gasteiger partial charge is 0.295 e. The van der Waals surface area contributed by atoms with Gasteiger partial charge in [-0.3, -0.25) is 9.59 Å². The Hall–Kier alpha value is -3.94. The second-order valence-electron chi connectivity index (χ2n) is 8.62. The zero-order valence-electron chi connectivity index (χ0n) is 18.6. The fourth-order valence-electron chi connectivity index (χ4n) is 4.70. The number of carbonyl (C=O) groups is 2. The number of amides is 1. The molecule has 0 aliphatic carbocycles. The van der Waals surface area contributed by atoms with Crippen LogP contribution in [-0.2, 0) is 22.6 Å². The van der Waals surface area contributed by atoms with E-state index < -0.39 is 23.5 Å². The molecule has 174 valence electrons. The number of likely N-dealkylation sites (tertiary alicyclic amines) is 1. The second-order valence-corrected chi connectivity index (χ2v) is 8.62. The van der Waals surface area contributed by atoms with E-state index >= 15 is 0 Å². The largest absolute Gasteiger partial charge is 0.507 e. The van der Waals surface area contributed by atoms with Crippen molar-refractivity contribution in [2.45, 2.75) is 38.5 Å². The van der Waals surface area contributed by atoms with Crippen molar-refractivity contribution in [3.8, 4) is 5.75 Å². The van der Waals surface area contributed by atoms with Gasteiger partial charge < -0.3 is 19.3 Å². The SMILES string of the molecule is C[C@H]1Cc2cc(/C(O)=C3\C(=O)C(=O)N(CCCn4ccnc4)[C@@H]3c3ccccc3F)ccc2O1. The topological polar surface area (TPSA) is 84.7 Å². The summed E-state index contributed by atoms with van der Waals surface area (Å²) in [6.07, 6.45) is 6.36. The molecule has 5 rings (SSSR count). The molecule has 0 spiro atoms. The Labute approximate surface area is 196 Å². The van der Waals surface area contributed by atoms with Crippen LogP contribution in [0.2, 0.25) is 0 Å². The Kier molecular flexibility index (Phi) is 5.65. The molecule has 2 aromatic carbocycles. The van der Waals surface area contributed by atoms with Crippen LogP contribution >= 0.6 is 0 Å². The molecule has 34 heavy (non-hydrogen) atoms. The van der Waals surface area contributed by atoms with Gasteiger partial charge in [0.05, 0.1) is 17.9 Å². The molecule has 1 saturated heterocycles. The fraction of sp³-hybridized carbons (Fsp3) is 0.269.